The number of carbonyl (C=O) groups excluding carboxylic acids is 2. The van der Waals surface area contributed by atoms with Crippen molar-refractivity contribution in [3.8, 4) is 11.8 Å². The molecule has 1 amide bonds. The second-order valence-corrected chi connectivity index (χ2v) is 8.36. The summed E-state index contributed by atoms with van der Waals surface area (Å²) < 4.78 is 5.06. The normalized spacial score (nSPS) is 15.2. The average Bonchev–Trinajstić information content (AvgIpc) is 3.23. The molecule has 6 nitrogen and oxygen atoms in total. The number of rotatable bonds is 8. The number of amides is 1. The Morgan fingerprint density at radius 2 is 2.00 bits per heavy atom. The molecule has 1 unspecified atom stereocenters. The van der Waals surface area contributed by atoms with E-state index in [9.17, 15) is 9.59 Å². The van der Waals surface area contributed by atoms with Gasteiger partial charge in [0, 0.05) is 35.9 Å². The van der Waals surface area contributed by atoms with Crippen LogP contribution in [0.25, 0.3) is 0 Å². The maximum atomic E-state index is 13.3. The van der Waals surface area contributed by atoms with Crippen molar-refractivity contribution in [3.63, 3.8) is 0 Å². The van der Waals surface area contributed by atoms with Crippen molar-refractivity contribution in [2.75, 3.05) is 38.6 Å². The Balaban J connectivity index is 1.77. The number of ether oxygens (including phenoxy) is 1. The second kappa shape index (κ2) is 12.1. The van der Waals surface area contributed by atoms with Crippen LogP contribution in [0, 0.1) is 11.8 Å². The van der Waals surface area contributed by atoms with Gasteiger partial charge in [0.05, 0.1) is 19.7 Å². The van der Waals surface area contributed by atoms with E-state index in [1.54, 1.807) is 6.92 Å². The molecule has 1 fully saturated rings. The fourth-order valence-electron chi connectivity index (χ4n) is 4.02. The highest BCUT2D eigenvalue weighted by Crippen LogP contribution is 2.23. The monoisotopic (exact) mass is 447 g/mol. The number of nitrogens with one attached hydrogen (secondary N) is 1. The smallest absolute Gasteiger partial charge is 0.320 e. The maximum absolute atomic E-state index is 13.3. The van der Waals surface area contributed by atoms with Crippen LogP contribution in [-0.4, -0.2) is 61.0 Å². The van der Waals surface area contributed by atoms with Crippen molar-refractivity contribution < 1.29 is 14.3 Å². The molecule has 0 aliphatic carbocycles. The van der Waals surface area contributed by atoms with Gasteiger partial charge < -0.3 is 15.0 Å². The summed E-state index contributed by atoms with van der Waals surface area (Å²) in [5, 5.41) is 3.27. The van der Waals surface area contributed by atoms with E-state index in [2.05, 4.69) is 24.1 Å². The predicted octanol–water partition coefficient (Wildman–Crippen LogP) is 3.77. The van der Waals surface area contributed by atoms with Crippen LogP contribution in [0.3, 0.4) is 0 Å². The SMILES string of the molecule is CCOC(=O)CN(C)Cc1cc(C#CCNc2ccccc2)ccc1C(=O)N1CCCC1C. The molecule has 1 aliphatic rings. The van der Waals surface area contributed by atoms with Gasteiger partial charge in [-0.3, -0.25) is 14.5 Å². The fraction of sp³-hybridized carbons (Fsp3) is 0.407. The van der Waals surface area contributed by atoms with E-state index in [1.807, 2.05) is 65.4 Å². The largest absolute Gasteiger partial charge is 0.465 e. The molecular formula is C27H33N3O3. The van der Waals surface area contributed by atoms with Gasteiger partial charge in [-0.25, -0.2) is 0 Å². The van der Waals surface area contributed by atoms with E-state index in [1.165, 1.54) is 0 Å². The third-order valence-electron chi connectivity index (χ3n) is 5.68. The van der Waals surface area contributed by atoms with Gasteiger partial charge in [0.15, 0.2) is 0 Å². The number of nitrogens with zero attached hydrogens (tertiary/aromatic N) is 2. The molecule has 0 bridgehead atoms. The number of hydrogen-bond acceptors (Lipinski definition) is 5. The number of hydrogen-bond donors (Lipinski definition) is 1. The van der Waals surface area contributed by atoms with E-state index >= 15 is 0 Å². The van der Waals surface area contributed by atoms with Crippen LogP contribution in [0.4, 0.5) is 5.69 Å². The second-order valence-electron chi connectivity index (χ2n) is 8.36. The standard InChI is InChI=1S/C27H33N3O3/c1-4-33-26(31)20-29(3)19-23-18-22(11-8-16-28-24-12-6-5-7-13-24)14-15-25(23)27(32)30-17-9-10-21(30)2/h5-7,12-15,18,21,28H,4,9-10,16-17,19-20H2,1-3H3. The Morgan fingerprint density at radius 3 is 2.70 bits per heavy atom. The molecule has 0 aromatic heterocycles. The Hall–Kier alpha value is -3.30. The first kappa shape index (κ1) is 24.3. The summed E-state index contributed by atoms with van der Waals surface area (Å²) in [6.07, 6.45) is 2.06. The van der Waals surface area contributed by atoms with Crippen LogP contribution in [0.2, 0.25) is 0 Å². The summed E-state index contributed by atoms with van der Waals surface area (Å²) in [5.41, 5.74) is 3.41. The van der Waals surface area contributed by atoms with Gasteiger partial charge in [0.1, 0.15) is 0 Å². The number of likely N-dealkylation sites (tertiary alicyclic amines) is 1. The topological polar surface area (TPSA) is 61.9 Å². The van der Waals surface area contributed by atoms with Crippen molar-refractivity contribution in [2.45, 2.75) is 39.3 Å². The summed E-state index contributed by atoms with van der Waals surface area (Å²) in [4.78, 5) is 29.0. The van der Waals surface area contributed by atoms with Crippen molar-refractivity contribution in [1.82, 2.24) is 9.80 Å². The molecule has 1 heterocycles. The molecule has 1 saturated heterocycles. The highest BCUT2D eigenvalue weighted by atomic mass is 16.5. The van der Waals surface area contributed by atoms with E-state index in [-0.39, 0.29) is 24.5 Å². The van der Waals surface area contributed by atoms with Crippen LogP contribution in [0.15, 0.2) is 48.5 Å². The van der Waals surface area contributed by atoms with Gasteiger partial charge in [-0.2, -0.15) is 0 Å². The van der Waals surface area contributed by atoms with Crippen molar-refractivity contribution in [2.24, 2.45) is 0 Å². The Morgan fingerprint density at radius 1 is 1.21 bits per heavy atom. The zero-order chi connectivity index (χ0) is 23.6. The first-order valence-electron chi connectivity index (χ1n) is 11.5. The minimum atomic E-state index is -0.274. The van der Waals surface area contributed by atoms with Gasteiger partial charge in [-0.05, 0) is 69.6 Å². The zero-order valence-corrected chi connectivity index (χ0v) is 19.8. The van der Waals surface area contributed by atoms with Crippen molar-refractivity contribution >= 4 is 17.6 Å². The zero-order valence-electron chi connectivity index (χ0n) is 19.8. The first-order chi connectivity index (χ1) is 16.0. The Kier molecular flexibility index (Phi) is 8.91. The quantitative estimate of drug-likeness (QED) is 0.493. The van der Waals surface area contributed by atoms with Gasteiger partial charge in [0.2, 0.25) is 0 Å². The lowest BCUT2D eigenvalue weighted by molar-refractivity contribution is -0.144. The molecule has 0 spiro atoms. The minimum Gasteiger partial charge on any atom is -0.465 e. The predicted molar refractivity (Wildman–Crippen MR) is 131 cm³/mol. The van der Waals surface area contributed by atoms with Gasteiger partial charge in [0.25, 0.3) is 5.91 Å². The summed E-state index contributed by atoms with van der Waals surface area (Å²) in [5.74, 6) is 6.10. The first-order valence-corrected chi connectivity index (χ1v) is 11.5. The van der Waals surface area contributed by atoms with Gasteiger partial charge >= 0.3 is 5.97 Å². The molecular weight excluding hydrogens is 414 g/mol. The molecule has 2 aromatic carbocycles. The number of likely N-dealkylation sites (N-methyl/N-ethyl adjacent to an activating group) is 1. The third-order valence-corrected chi connectivity index (χ3v) is 5.68. The van der Waals surface area contributed by atoms with E-state index in [0.717, 1.165) is 36.2 Å². The third kappa shape index (κ3) is 7.10. The lowest BCUT2D eigenvalue weighted by atomic mass is 10.0. The molecule has 33 heavy (non-hydrogen) atoms. The molecule has 1 aliphatic heterocycles. The maximum Gasteiger partial charge on any atom is 0.320 e. The summed E-state index contributed by atoms with van der Waals surface area (Å²) in [7, 11) is 1.85. The van der Waals surface area contributed by atoms with E-state index in [4.69, 9.17) is 4.74 Å². The number of para-hydroxylation sites is 1. The molecule has 174 valence electrons. The lowest BCUT2D eigenvalue weighted by Gasteiger charge is -2.24. The van der Waals surface area contributed by atoms with Crippen LogP contribution >= 0.6 is 0 Å². The Bertz CT molecular complexity index is 1010. The van der Waals surface area contributed by atoms with E-state index < -0.39 is 0 Å². The highest BCUT2D eigenvalue weighted by molar-refractivity contribution is 5.96. The number of esters is 1. The minimum absolute atomic E-state index is 0.0461. The molecule has 1 N–H and O–H groups in total. The molecule has 2 aromatic rings. The summed E-state index contributed by atoms with van der Waals surface area (Å²) >= 11 is 0. The number of anilines is 1. The van der Waals surface area contributed by atoms with E-state index in [0.29, 0.717) is 25.3 Å². The van der Waals surface area contributed by atoms with Crippen LogP contribution < -0.4 is 5.32 Å². The molecule has 0 saturated carbocycles. The molecule has 3 rings (SSSR count). The lowest BCUT2D eigenvalue weighted by Crippen LogP contribution is -2.35. The van der Waals surface area contributed by atoms with Crippen molar-refractivity contribution in [1.29, 1.82) is 0 Å². The van der Waals surface area contributed by atoms with Crippen LogP contribution in [-0.2, 0) is 16.1 Å². The number of benzene rings is 2. The van der Waals surface area contributed by atoms with Crippen LogP contribution in [0.5, 0.6) is 0 Å². The molecule has 0 radical (unpaired) electrons. The summed E-state index contributed by atoms with van der Waals surface area (Å²) in [6.45, 7) is 6.17. The van der Waals surface area contributed by atoms with Gasteiger partial charge in [-0.15, -0.1) is 0 Å². The fourth-order valence-corrected chi connectivity index (χ4v) is 4.02. The van der Waals surface area contributed by atoms with Gasteiger partial charge in [-0.1, -0.05) is 30.0 Å². The molecule has 1 atom stereocenters. The number of carbonyl (C=O) groups is 2. The average molecular weight is 448 g/mol. The molecule has 6 heteroatoms. The Labute approximate surface area is 196 Å². The van der Waals surface area contributed by atoms with Crippen molar-refractivity contribution in [3.05, 3.63) is 65.2 Å². The van der Waals surface area contributed by atoms with Crippen LogP contribution in [0.1, 0.15) is 48.2 Å². The summed E-state index contributed by atoms with van der Waals surface area (Å²) in [6, 6.07) is 15.9. The highest BCUT2D eigenvalue weighted by Gasteiger charge is 2.27.